The molecule has 1 saturated heterocycles. The van der Waals surface area contributed by atoms with Crippen LogP contribution in [0.2, 0.25) is 0 Å². The van der Waals surface area contributed by atoms with Crippen molar-refractivity contribution in [3.63, 3.8) is 0 Å². The molecule has 1 aliphatic heterocycles. The second-order valence-electron chi connectivity index (χ2n) is 6.42. The van der Waals surface area contributed by atoms with E-state index in [1.165, 1.54) is 0 Å². The van der Waals surface area contributed by atoms with E-state index in [-0.39, 0.29) is 18.2 Å². The molecule has 1 atom stereocenters. The molecule has 2 aromatic heterocycles. The molecular weight excluding hydrogens is 358 g/mol. The van der Waals surface area contributed by atoms with Crippen molar-refractivity contribution < 1.29 is 14.3 Å². The lowest BCUT2D eigenvalue weighted by atomic mass is 10.1. The molecule has 8 nitrogen and oxygen atoms in total. The van der Waals surface area contributed by atoms with Gasteiger partial charge in [-0.25, -0.2) is 9.67 Å². The molecule has 0 spiro atoms. The Bertz CT molecular complexity index is 985. The third-order valence-electron chi connectivity index (χ3n) is 4.65. The summed E-state index contributed by atoms with van der Waals surface area (Å²) in [6.45, 7) is 0.328. The molecule has 28 heavy (non-hydrogen) atoms. The number of ether oxygens (including phenoxy) is 1. The number of nitrogens with zero attached hydrogens (tertiary/aromatic N) is 4. The monoisotopic (exact) mass is 377 g/mol. The van der Waals surface area contributed by atoms with E-state index < -0.39 is 5.92 Å². The number of aromatic nitrogens is 3. The molecule has 1 fully saturated rings. The van der Waals surface area contributed by atoms with Gasteiger partial charge in [-0.3, -0.25) is 9.59 Å². The fourth-order valence-corrected chi connectivity index (χ4v) is 3.20. The Morgan fingerprint density at radius 2 is 2.00 bits per heavy atom. The maximum atomic E-state index is 12.8. The highest BCUT2D eigenvalue weighted by Gasteiger charge is 2.35. The maximum absolute atomic E-state index is 12.8. The van der Waals surface area contributed by atoms with Crippen LogP contribution < -0.4 is 15.0 Å². The second kappa shape index (κ2) is 7.51. The average molecular weight is 377 g/mol. The van der Waals surface area contributed by atoms with Crippen LogP contribution in [0.25, 0.3) is 5.82 Å². The molecule has 2 amide bonds. The second-order valence-corrected chi connectivity index (χ2v) is 6.42. The smallest absolute Gasteiger partial charge is 0.229 e. The maximum Gasteiger partial charge on any atom is 0.229 e. The average Bonchev–Trinajstić information content (AvgIpc) is 3.38. The van der Waals surface area contributed by atoms with Crippen LogP contribution in [-0.2, 0) is 9.59 Å². The van der Waals surface area contributed by atoms with Gasteiger partial charge in [0, 0.05) is 37.2 Å². The summed E-state index contributed by atoms with van der Waals surface area (Å²) < 4.78 is 6.73. The fourth-order valence-electron chi connectivity index (χ4n) is 3.20. The van der Waals surface area contributed by atoms with Crippen LogP contribution in [0.15, 0.2) is 61.1 Å². The van der Waals surface area contributed by atoms with Crippen molar-refractivity contribution in [3.05, 3.63) is 61.1 Å². The number of nitrogens with one attached hydrogen (secondary N) is 1. The third-order valence-corrected chi connectivity index (χ3v) is 4.65. The van der Waals surface area contributed by atoms with Crippen molar-refractivity contribution in [1.82, 2.24) is 14.8 Å². The normalized spacial score (nSPS) is 16.2. The highest BCUT2D eigenvalue weighted by atomic mass is 16.5. The summed E-state index contributed by atoms with van der Waals surface area (Å²) in [5.41, 5.74) is 1.30. The van der Waals surface area contributed by atoms with Gasteiger partial charge in [0.05, 0.1) is 18.7 Å². The van der Waals surface area contributed by atoms with Crippen molar-refractivity contribution in [2.45, 2.75) is 6.42 Å². The van der Waals surface area contributed by atoms with E-state index in [2.05, 4.69) is 15.4 Å². The molecule has 0 bridgehead atoms. The van der Waals surface area contributed by atoms with E-state index in [0.717, 1.165) is 5.69 Å². The number of pyridine rings is 1. The molecule has 3 heterocycles. The minimum Gasteiger partial charge on any atom is -0.497 e. The Morgan fingerprint density at radius 1 is 1.18 bits per heavy atom. The number of anilines is 2. The first-order valence-electron chi connectivity index (χ1n) is 8.86. The third kappa shape index (κ3) is 3.44. The van der Waals surface area contributed by atoms with Gasteiger partial charge in [-0.1, -0.05) is 0 Å². The predicted octanol–water partition coefficient (Wildman–Crippen LogP) is 2.27. The van der Waals surface area contributed by atoms with E-state index in [9.17, 15) is 9.59 Å². The number of methoxy groups -OCH3 is 1. The summed E-state index contributed by atoms with van der Waals surface area (Å²) in [5.74, 6) is 0.499. The zero-order valence-electron chi connectivity index (χ0n) is 15.3. The number of rotatable bonds is 5. The van der Waals surface area contributed by atoms with E-state index in [4.69, 9.17) is 4.74 Å². The van der Waals surface area contributed by atoms with Gasteiger partial charge in [0.1, 0.15) is 5.75 Å². The highest BCUT2D eigenvalue weighted by molar-refractivity contribution is 6.03. The first-order chi connectivity index (χ1) is 13.7. The predicted molar refractivity (Wildman–Crippen MR) is 103 cm³/mol. The molecule has 8 heteroatoms. The van der Waals surface area contributed by atoms with Crippen LogP contribution in [0.5, 0.6) is 5.75 Å². The van der Waals surface area contributed by atoms with Gasteiger partial charge < -0.3 is 15.0 Å². The molecule has 1 aromatic carbocycles. The Kier molecular flexibility index (Phi) is 4.76. The van der Waals surface area contributed by atoms with E-state index in [0.29, 0.717) is 23.8 Å². The fraction of sp³-hybridized carbons (Fsp3) is 0.200. The summed E-state index contributed by atoms with van der Waals surface area (Å²) >= 11 is 0. The van der Waals surface area contributed by atoms with Crippen molar-refractivity contribution >= 4 is 23.2 Å². The van der Waals surface area contributed by atoms with Crippen LogP contribution in [0.3, 0.4) is 0 Å². The Labute approximate surface area is 161 Å². The lowest BCUT2D eigenvalue weighted by molar-refractivity contribution is -0.122. The zero-order chi connectivity index (χ0) is 19.5. The molecule has 4 rings (SSSR count). The summed E-state index contributed by atoms with van der Waals surface area (Å²) in [6, 6.07) is 12.5. The molecular formula is C20H19N5O3. The highest BCUT2D eigenvalue weighted by Crippen LogP contribution is 2.28. The van der Waals surface area contributed by atoms with Gasteiger partial charge in [-0.2, -0.15) is 5.10 Å². The van der Waals surface area contributed by atoms with Crippen molar-refractivity contribution in [2.24, 2.45) is 5.92 Å². The number of carbonyl (C=O) groups excluding carboxylic acids is 2. The SMILES string of the molecule is COc1ccc(N2CC(C(=O)Nc3cccnc3-n3cccn3)CC2=O)cc1. The number of benzene rings is 1. The van der Waals surface area contributed by atoms with Gasteiger partial charge in [0.2, 0.25) is 11.8 Å². The number of hydrogen-bond donors (Lipinski definition) is 1. The van der Waals surface area contributed by atoms with Crippen LogP contribution in [0.1, 0.15) is 6.42 Å². The van der Waals surface area contributed by atoms with E-state index >= 15 is 0 Å². The van der Waals surface area contributed by atoms with Crippen molar-refractivity contribution in [2.75, 3.05) is 23.9 Å². The van der Waals surface area contributed by atoms with Crippen LogP contribution >= 0.6 is 0 Å². The summed E-state index contributed by atoms with van der Waals surface area (Å²) in [4.78, 5) is 31.1. The van der Waals surface area contributed by atoms with E-state index in [1.807, 2.05) is 12.1 Å². The molecule has 3 aromatic rings. The Balaban J connectivity index is 1.49. The summed E-state index contributed by atoms with van der Waals surface area (Å²) in [5, 5.41) is 7.05. The molecule has 0 saturated carbocycles. The topological polar surface area (TPSA) is 89.3 Å². The minimum atomic E-state index is -0.444. The van der Waals surface area contributed by atoms with Gasteiger partial charge >= 0.3 is 0 Å². The number of amides is 2. The molecule has 1 aliphatic rings. The van der Waals surface area contributed by atoms with Crippen LogP contribution in [0.4, 0.5) is 11.4 Å². The quantitative estimate of drug-likeness (QED) is 0.737. The molecule has 142 valence electrons. The first kappa shape index (κ1) is 17.7. The zero-order valence-corrected chi connectivity index (χ0v) is 15.3. The van der Waals surface area contributed by atoms with Crippen LogP contribution in [0, 0.1) is 5.92 Å². The largest absolute Gasteiger partial charge is 0.497 e. The number of carbonyl (C=O) groups is 2. The minimum absolute atomic E-state index is 0.0798. The van der Waals surface area contributed by atoms with Gasteiger partial charge in [0.25, 0.3) is 0 Å². The van der Waals surface area contributed by atoms with E-state index in [1.54, 1.807) is 65.6 Å². The standard InChI is InChI=1S/C20H19N5O3/c1-28-16-7-5-15(6-8-16)24-13-14(12-18(24)26)20(27)23-17-4-2-9-21-19(17)25-11-3-10-22-25/h2-11,14H,12-13H2,1H3,(H,23,27). The van der Waals surface area contributed by atoms with Gasteiger partial charge in [-0.15, -0.1) is 0 Å². The lowest BCUT2D eigenvalue weighted by Gasteiger charge is -2.17. The first-order valence-corrected chi connectivity index (χ1v) is 8.86. The number of hydrogen-bond acceptors (Lipinski definition) is 5. The van der Waals surface area contributed by atoms with Crippen molar-refractivity contribution in [1.29, 1.82) is 0 Å². The summed E-state index contributed by atoms with van der Waals surface area (Å²) in [7, 11) is 1.59. The molecule has 1 N–H and O–H groups in total. The summed E-state index contributed by atoms with van der Waals surface area (Å²) in [6.07, 6.45) is 5.19. The van der Waals surface area contributed by atoms with Gasteiger partial charge in [-0.05, 0) is 42.5 Å². The molecule has 0 radical (unpaired) electrons. The molecule has 0 aliphatic carbocycles. The van der Waals surface area contributed by atoms with Crippen molar-refractivity contribution in [3.8, 4) is 11.6 Å². The van der Waals surface area contributed by atoms with Crippen LogP contribution in [-0.4, -0.2) is 40.2 Å². The molecule has 1 unspecified atom stereocenters. The lowest BCUT2D eigenvalue weighted by Crippen LogP contribution is -2.28. The van der Waals surface area contributed by atoms with Gasteiger partial charge in [0.15, 0.2) is 5.82 Å². The Hall–Kier alpha value is -3.68. The Morgan fingerprint density at radius 3 is 2.71 bits per heavy atom.